The zero-order chi connectivity index (χ0) is 17.6. The number of likely N-dealkylation sites (tertiary alicyclic amines) is 1. The largest absolute Gasteiger partial charge is 0.593 e. The van der Waals surface area contributed by atoms with E-state index in [1.807, 2.05) is 4.31 Å². The summed E-state index contributed by atoms with van der Waals surface area (Å²) in [6.45, 7) is 0.866. The second kappa shape index (κ2) is 6.56. The van der Waals surface area contributed by atoms with Crippen molar-refractivity contribution in [2.24, 2.45) is 0 Å². The molecule has 3 atom stereocenters. The first kappa shape index (κ1) is 16.8. The second-order valence-corrected chi connectivity index (χ2v) is 7.89. The van der Waals surface area contributed by atoms with E-state index in [1.165, 1.54) is 18.3 Å². The number of amides is 1. The number of hydrogen-bond donors (Lipinski definition) is 1. The number of halogens is 2. The number of nitrogens with zero attached hydrogens (tertiary/aromatic N) is 4. The lowest BCUT2D eigenvalue weighted by Crippen LogP contribution is -2.57. The first-order valence-corrected chi connectivity index (χ1v) is 9.34. The van der Waals surface area contributed by atoms with Gasteiger partial charge < -0.3 is 9.45 Å². The van der Waals surface area contributed by atoms with E-state index in [0.717, 1.165) is 12.8 Å². The molecule has 1 amide bonds. The third-order valence-corrected chi connectivity index (χ3v) is 6.61. The molecule has 132 valence electrons. The molecule has 10 heteroatoms. The normalized spacial score (nSPS) is 24.5. The summed E-state index contributed by atoms with van der Waals surface area (Å²) in [6.07, 6.45) is 3.00. The molecular weight excluding hydrogens is 369 g/mol. The molecule has 2 bridgehead atoms. The van der Waals surface area contributed by atoms with E-state index in [0.29, 0.717) is 18.8 Å². The highest BCUT2D eigenvalue weighted by Crippen LogP contribution is 2.37. The average Bonchev–Trinajstić information content (AvgIpc) is 3.22. The third-order valence-electron chi connectivity index (χ3n) is 4.64. The maximum absolute atomic E-state index is 14.2. The minimum atomic E-state index is -1.65. The molecule has 1 aromatic heterocycles. The maximum atomic E-state index is 14.2. The van der Waals surface area contributed by atoms with Crippen molar-refractivity contribution in [3.63, 3.8) is 0 Å². The molecule has 3 heterocycles. The molecule has 2 fully saturated rings. The first-order chi connectivity index (χ1) is 12.1. The van der Waals surface area contributed by atoms with Gasteiger partial charge in [0, 0.05) is 13.1 Å². The number of benzene rings is 1. The Morgan fingerprint density at radius 3 is 2.72 bits per heavy atom. The standard InChI is InChI=1S/C15H15ClFN5O2S/c16-11-2-1-3-13(14(11)17)25(24)22-9-4-5-10(22)8-21(7-9)15(23)12-6-18-20-19-12/h1-3,6,9-10H,4-5,7-8H2,(H,18,19,20). The van der Waals surface area contributed by atoms with Crippen LogP contribution in [-0.4, -0.2) is 60.2 Å². The predicted molar refractivity (Wildman–Crippen MR) is 88.8 cm³/mol. The Bertz CT molecular complexity index is 778. The van der Waals surface area contributed by atoms with Gasteiger partial charge in [0.15, 0.2) is 5.82 Å². The Morgan fingerprint density at radius 1 is 1.36 bits per heavy atom. The minimum absolute atomic E-state index is 0.0428. The Morgan fingerprint density at radius 2 is 2.08 bits per heavy atom. The average molecular weight is 384 g/mol. The van der Waals surface area contributed by atoms with Crippen LogP contribution in [0.1, 0.15) is 23.3 Å². The van der Waals surface area contributed by atoms with Crippen molar-refractivity contribution in [1.29, 1.82) is 0 Å². The van der Waals surface area contributed by atoms with Crippen LogP contribution >= 0.6 is 11.6 Å². The summed E-state index contributed by atoms with van der Waals surface area (Å²) in [5, 5.41) is 9.71. The number of rotatable bonds is 3. The number of carbonyl (C=O) groups is 1. The summed E-state index contributed by atoms with van der Waals surface area (Å²) in [6, 6.07) is 4.34. The Hall–Kier alpha value is -1.68. The van der Waals surface area contributed by atoms with E-state index < -0.39 is 17.2 Å². The lowest BCUT2D eigenvalue weighted by molar-refractivity contribution is 0.0609. The highest BCUT2D eigenvalue weighted by Gasteiger charge is 2.49. The number of hydrogen-bond acceptors (Lipinski definition) is 5. The molecule has 1 N–H and O–H groups in total. The van der Waals surface area contributed by atoms with Crippen LogP contribution in [-0.2, 0) is 11.4 Å². The number of aromatic nitrogens is 3. The molecule has 2 aromatic rings. The van der Waals surface area contributed by atoms with Gasteiger partial charge in [0.25, 0.3) is 5.91 Å². The SMILES string of the molecule is O=C(c1cnn[nH]1)N1CC2CCC(C1)N2[S+]([O-])c1cccc(Cl)c1F. The monoisotopic (exact) mass is 383 g/mol. The molecule has 1 aromatic carbocycles. The topological polar surface area (TPSA) is 88.2 Å². The van der Waals surface area contributed by atoms with Crippen molar-refractivity contribution in [2.75, 3.05) is 13.1 Å². The van der Waals surface area contributed by atoms with Gasteiger partial charge in [-0.15, -0.1) is 9.40 Å². The summed E-state index contributed by atoms with van der Waals surface area (Å²) < 4.78 is 29.0. The van der Waals surface area contributed by atoms with Gasteiger partial charge in [0.2, 0.25) is 4.90 Å². The van der Waals surface area contributed by atoms with Gasteiger partial charge in [-0.2, -0.15) is 4.39 Å². The predicted octanol–water partition coefficient (Wildman–Crippen LogP) is 1.61. The first-order valence-electron chi connectivity index (χ1n) is 7.86. The lowest BCUT2D eigenvalue weighted by Gasteiger charge is -2.39. The van der Waals surface area contributed by atoms with Gasteiger partial charge in [0.05, 0.1) is 34.7 Å². The van der Waals surface area contributed by atoms with Gasteiger partial charge in [0.1, 0.15) is 5.69 Å². The molecule has 7 nitrogen and oxygen atoms in total. The van der Waals surface area contributed by atoms with Crippen molar-refractivity contribution < 1.29 is 13.7 Å². The molecule has 2 saturated heterocycles. The summed E-state index contributed by atoms with van der Waals surface area (Å²) in [4.78, 5) is 14.3. The van der Waals surface area contributed by atoms with Crippen molar-refractivity contribution in [1.82, 2.24) is 24.6 Å². The maximum Gasteiger partial charge on any atom is 0.273 e. The fourth-order valence-electron chi connectivity index (χ4n) is 3.50. The third kappa shape index (κ3) is 2.91. The summed E-state index contributed by atoms with van der Waals surface area (Å²) in [5.74, 6) is -0.829. The molecular formula is C15H15ClFN5O2S. The van der Waals surface area contributed by atoms with Crippen LogP contribution in [0.5, 0.6) is 0 Å². The van der Waals surface area contributed by atoms with Crippen LogP contribution in [0.25, 0.3) is 0 Å². The Balaban J connectivity index is 1.54. The van der Waals surface area contributed by atoms with E-state index in [9.17, 15) is 13.7 Å². The van der Waals surface area contributed by atoms with Crippen molar-refractivity contribution in [2.45, 2.75) is 29.8 Å². The molecule has 3 unspecified atom stereocenters. The van der Waals surface area contributed by atoms with Gasteiger partial charge >= 0.3 is 0 Å². The van der Waals surface area contributed by atoms with Crippen molar-refractivity contribution >= 4 is 28.9 Å². The smallest absolute Gasteiger partial charge is 0.273 e. The van der Waals surface area contributed by atoms with Gasteiger partial charge in [-0.1, -0.05) is 22.9 Å². The molecule has 25 heavy (non-hydrogen) atoms. The van der Waals surface area contributed by atoms with Crippen LogP contribution in [0.3, 0.4) is 0 Å². The molecule has 0 aliphatic carbocycles. The molecule has 0 saturated carbocycles. The second-order valence-electron chi connectivity index (χ2n) is 6.13. The molecule has 2 aliphatic heterocycles. The Labute approximate surface area is 151 Å². The molecule has 0 radical (unpaired) electrons. The van der Waals surface area contributed by atoms with Crippen molar-refractivity contribution in [3.05, 3.63) is 40.9 Å². The van der Waals surface area contributed by atoms with Crippen molar-refractivity contribution in [3.8, 4) is 0 Å². The highest BCUT2D eigenvalue weighted by molar-refractivity contribution is 7.89. The number of nitrogens with one attached hydrogen (secondary N) is 1. The van der Waals surface area contributed by atoms with E-state index >= 15 is 0 Å². The van der Waals surface area contributed by atoms with Gasteiger partial charge in [-0.25, -0.2) is 0 Å². The highest BCUT2D eigenvalue weighted by atomic mass is 35.5. The van der Waals surface area contributed by atoms with E-state index in [4.69, 9.17) is 11.6 Å². The van der Waals surface area contributed by atoms with Crippen LogP contribution in [0.4, 0.5) is 4.39 Å². The number of fused-ring (bicyclic) bond motifs is 2. The van der Waals surface area contributed by atoms with E-state index in [2.05, 4.69) is 15.4 Å². The van der Waals surface area contributed by atoms with Gasteiger partial charge in [-0.3, -0.25) is 9.89 Å². The number of piperazine rings is 1. The van der Waals surface area contributed by atoms with Crippen LogP contribution in [0, 0.1) is 5.82 Å². The molecule has 4 rings (SSSR count). The molecule has 2 aliphatic rings. The van der Waals surface area contributed by atoms with E-state index in [1.54, 1.807) is 11.0 Å². The number of carbonyl (C=O) groups excluding carboxylic acids is 1. The zero-order valence-corrected chi connectivity index (χ0v) is 14.6. The van der Waals surface area contributed by atoms with E-state index in [-0.39, 0.29) is 27.9 Å². The molecule has 0 spiro atoms. The zero-order valence-electron chi connectivity index (χ0n) is 13.1. The number of H-pyrrole nitrogens is 1. The Kier molecular flexibility index (Phi) is 4.40. The number of aromatic amines is 1. The quantitative estimate of drug-likeness (QED) is 0.813. The lowest BCUT2D eigenvalue weighted by atomic mass is 10.2. The summed E-state index contributed by atoms with van der Waals surface area (Å²) in [5.41, 5.74) is 0.329. The fraction of sp³-hybridized carbons (Fsp3) is 0.400. The van der Waals surface area contributed by atoms with Crippen LogP contribution in [0.2, 0.25) is 5.02 Å². The van der Waals surface area contributed by atoms with Gasteiger partial charge in [-0.05, 0) is 25.0 Å². The van der Waals surface area contributed by atoms with Crippen LogP contribution < -0.4 is 0 Å². The minimum Gasteiger partial charge on any atom is -0.593 e. The summed E-state index contributed by atoms with van der Waals surface area (Å²) >= 11 is 4.16. The fourth-order valence-corrected chi connectivity index (χ4v) is 5.31. The van der Waals surface area contributed by atoms with Crippen LogP contribution in [0.15, 0.2) is 29.3 Å². The summed E-state index contributed by atoms with van der Waals surface area (Å²) in [7, 11) is 0.